The molecule has 3 nitrogen and oxygen atoms in total. The largest absolute Gasteiger partial charge is 0.491 e. The third-order valence-electron chi connectivity index (χ3n) is 6.42. The zero-order chi connectivity index (χ0) is 22.0. The average molecular weight is 435 g/mol. The van der Waals surface area contributed by atoms with Gasteiger partial charge in [-0.2, -0.15) is 0 Å². The van der Waals surface area contributed by atoms with Gasteiger partial charge in [0.2, 0.25) is 0 Å². The fourth-order valence-corrected chi connectivity index (χ4v) is 4.68. The zero-order valence-corrected chi connectivity index (χ0v) is 18.5. The minimum atomic E-state index is 0.280. The molecule has 4 aromatic rings. The lowest BCUT2D eigenvalue weighted by molar-refractivity contribution is 0.0880. The summed E-state index contributed by atoms with van der Waals surface area (Å²) in [5.41, 5.74) is 10.3. The fourth-order valence-electron chi connectivity index (χ4n) is 4.68. The Balaban J connectivity index is 1.32. The molecule has 0 radical (unpaired) electrons. The lowest BCUT2D eigenvalue weighted by Crippen LogP contribution is -2.10. The van der Waals surface area contributed by atoms with Crippen LogP contribution in [-0.2, 0) is 15.9 Å². The molecular weight excluding hydrogens is 408 g/mol. The Morgan fingerprint density at radius 1 is 0.697 bits per heavy atom. The van der Waals surface area contributed by atoms with Gasteiger partial charge in [-0.15, -0.1) is 0 Å². The SMILES string of the molecule is c1ccc(-c2cc(-c3cccc4c3Cc3ccccc3-4)ccc2OCCOCC2CO2)cc1. The maximum Gasteiger partial charge on any atom is 0.127 e. The summed E-state index contributed by atoms with van der Waals surface area (Å²) in [7, 11) is 0. The Morgan fingerprint density at radius 3 is 2.36 bits per heavy atom. The second kappa shape index (κ2) is 8.86. The highest BCUT2D eigenvalue weighted by Crippen LogP contribution is 2.43. The Kier molecular flexibility index (Phi) is 5.43. The van der Waals surface area contributed by atoms with Crippen molar-refractivity contribution in [3.05, 3.63) is 102 Å². The van der Waals surface area contributed by atoms with Gasteiger partial charge in [0.05, 0.1) is 19.8 Å². The van der Waals surface area contributed by atoms with Gasteiger partial charge in [0, 0.05) is 5.56 Å². The molecule has 0 amide bonds. The summed E-state index contributed by atoms with van der Waals surface area (Å²) in [6.45, 7) is 2.53. The van der Waals surface area contributed by atoms with E-state index in [0.717, 1.165) is 29.9 Å². The molecule has 1 unspecified atom stereocenters. The van der Waals surface area contributed by atoms with Crippen LogP contribution in [0.2, 0.25) is 0 Å². The van der Waals surface area contributed by atoms with Gasteiger partial charge in [-0.3, -0.25) is 0 Å². The first-order valence-corrected chi connectivity index (χ1v) is 11.6. The maximum atomic E-state index is 6.16. The highest BCUT2D eigenvalue weighted by molar-refractivity contribution is 5.86. The van der Waals surface area contributed by atoms with Crippen LogP contribution in [0.4, 0.5) is 0 Å². The van der Waals surface area contributed by atoms with E-state index in [9.17, 15) is 0 Å². The molecule has 0 N–H and O–H groups in total. The van der Waals surface area contributed by atoms with Crippen LogP contribution in [0.1, 0.15) is 11.1 Å². The molecule has 0 aromatic heterocycles. The molecule has 33 heavy (non-hydrogen) atoms. The van der Waals surface area contributed by atoms with Gasteiger partial charge in [0.1, 0.15) is 18.5 Å². The second-order valence-corrected chi connectivity index (χ2v) is 8.62. The van der Waals surface area contributed by atoms with Crippen molar-refractivity contribution < 1.29 is 14.2 Å². The predicted molar refractivity (Wildman–Crippen MR) is 132 cm³/mol. The maximum absolute atomic E-state index is 6.16. The third-order valence-corrected chi connectivity index (χ3v) is 6.42. The first-order valence-electron chi connectivity index (χ1n) is 11.6. The number of hydrogen-bond donors (Lipinski definition) is 0. The summed E-state index contributed by atoms with van der Waals surface area (Å²) >= 11 is 0. The summed E-state index contributed by atoms with van der Waals surface area (Å²) in [4.78, 5) is 0. The molecule has 2 aliphatic rings. The van der Waals surface area contributed by atoms with Crippen LogP contribution in [0.15, 0.2) is 91.0 Å². The Labute approximate surface area is 194 Å². The van der Waals surface area contributed by atoms with E-state index in [0.29, 0.717) is 19.8 Å². The number of epoxide rings is 1. The summed E-state index contributed by atoms with van der Waals surface area (Å²) < 4.78 is 17.0. The second-order valence-electron chi connectivity index (χ2n) is 8.62. The van der Waals surface area contributed by atoms with Crippen molar-refractivity contribution in [3.8, 4) is 39.1 Å². The molecule has 164 valence electrons. The first kappa shape index (κ1) is 20.2. The van der Waals surface area contributed by atoms with E-state index in [2.05, 4.69) is 84.9 Å². The molecule has 1 aliphatic heterocycles. The van der Waals surface area contributed by atoms with Crippen LogP contribution in [0, 0.1) is 0 Å². The van der Waals surface area contributed by atoms with Crippen molar-refractivity contribution in [2.45, 2.75) is 12.5 Å². The van der Waals surface area contributed by atoms with E-state index in [-0.39, 0.29) is 6.10 Å². The van der Waals surface area contributed by atoms with Gasteiger partial charge < -0.3 is 14.2 Å². The number of fused-ring (bicyclic) bond motifs is 3. The smallest absolute Gasteiger partial charge is 0.127 e. The van der Waals surface area contributed by atoms with Crippen LogP contribution in [0.3, 0.4) is 0 Å². The number of benzene rings is 4. The normalized spacial score (nSPS) is 15.7. The summed E-state index contributed by atoms with van der Waals surface area (Å²) in [6, 6.07) is 32.4. The van der Waals surface area contributed by atoms with Crippen molar-refractivity contribution >= 4 is 0 Å². The molecule has 0 bridgehead atoms. The molecule has 1 saturated heterocycles. The highest BCUT2D eigenvalue weighted by atomic mass is 16.6. The molecule has 1 atom stereocenters. The van der Waals surface area contributed by atoms with Crippen molar-refractivity contribution in [1.82, 2.24) is 0 Å². The zero-order valence-electron chi connectivity index (χ0n) is 18.5. The van der Waals surface area contributed by atoms with Crippen molar-refractivity contribution in [2.75, 3.05) is 26.4 Å². The third kappa shape index (κ3) is 4.18. The molecule has 6 rings (SSSR count). The van der Waals surface area contributed by atoms with Gasteiger partial charge in [0.15, 0.2) is 0 Å². The first-order chi connectivity index (χ1) is 16.4. The number of ether oxygens (including phenoxy) is 3. The molecule has 4 aromatic carbocycles. The van der Waals surface area contributed by atoms with E-state index in [1.165, 1.54) is 33.4 Å². The van der Waals surface area contributed by atoms with Crippen LogP contribution in [0.25, 0.3) is 33.4 Å². The van der Waals surface area contributed by atoms with Crippen LogP contribution >= 0.6 is 0 Å². The van der Waals surface area contributed by atoms with E-state index in [1.807, 2.05) is 6.07 Å². The van der Waals surface area contributed by atoms with E-state index in [1.54, 1.807) is 0 Å². The lowest BCUT2D eigenvalue weighted by Gasteiger charge is -2.15. The van der Waals surface area contributed by atoms with Gasteiger partial charge >= 0.3 is 0 Å². The standard InChI is InChI=1S/C30H26O3/c1-2-7-21(8-3-1)28-17-23(13-14-30(28)32-16-15-31-19-24-20-33-24)26-11-6-12-27-25-10-5-4-9-22(25)18-29(26)27/h1-14,17,24H,15-16,18-20H2. The molecule has 1 aliphatic carbocycles. The monoisotopic (exact) mass is 434 g/mol. The van der Waals surface area contributed by atoms with Crippen molar-refractivity contribution in [2.24, 2.45) is 0 Å². The Hall–Kier alpha value is -3.40. The molecular formula is C30H26O3. The average Bonchev–Trinajstić information content (AvgIpc) is 3.62. The predicted octanol–water partition coefficient (Wildman–Crippen LogP) is 6.39. The van der Waals surface area contributed by atoms with E-state index >= 15 is 0 Å². The van der Waals surface area contributed by atoms with Crippen molar-refractivity contribution in [1.29, 1.82) is 0 Å². The van der Waals surface area contributed by atoms with Gasteiger partial charge in [-0.25, -0.2) is 0 Å². The molecule has 1 fully saturated rings. The van der Waals surface area contributed by atoms with Gasteiger partial charge in [0.25, 0.3) is 0 Å². The molecule has 3 heteroatoms. The van der Waals surface area contributed by atoms with Crippen LogP contribution in [-0.4, -0.2) is 32.5 Å². The molecule has 0 spiro atoms. The van der Waals surface area contributed by atoms with Gasteiger partial charge in [-0.05, 0) is 57.5 Å². The van der Waals surface area contributed by atoms with Crippen molar-refractivity contribution in [3.63, 3.8) is 0 Å². The van der Waals surface area contributed by atoms with Crippen LogP contribution in [0.5, 0.6) is 5.75 Å². The van der Waals surface area contributed by atoms with E-state index in [4.69, 9.17) is 14.2 Å². The molecule has 0 saturated carbocycles. The Bertz CT molecular complexity index is 1270. The minimum Gasteiger partial charge on any atom is -0.491 e. The minimum absolute atomic E-state index is 0.280. The molecule has 1 heterocycles. The summed E-state index contributed by atoms with van der Waals surface area (Å²) in [6.07, 6.45) is 1.26. The quantitative estimate of drug-likeness (QED) is 0.210. The Morgan fingerprint density at radius 2 is 1.48 bits per heavy atom. The van der Waals surface area contributed by atoms with E-state index < -0.39 is 0 Å². The number of hydrogen-bond acceptors (Lipinski definition) is 3. The topological polar surface area (TPSA) is 31.0 Å². The summed E-state index contributed by atoms with van der Waals surface area (Å²) in [5, 5.41) is 0. The van der Waals surface area contributed by atoms with Crippen LogP contribution < -0.4 is 4.74 Å². The fraction of sp³-hybridized carbons (Fsp3) is 0.200. The lowest BCUT2D eigenvalue weighted by atomic mass is 9.93. The number of rotatable bonds is 8. The highest BCUT2D eigenvalue weighted by Gasteiger charge is 2.23. The summed E-state index contributed by atoms with van der Waals surface area (Å²) in [5.74, 6) is 0.882. The van der Waals surface area contributed by atoms with Gasteiger partial charge in [-0.1, -0.05) is 78.9 Å².